The summed E-state index contributed by atoms with van der Waals surface area (Å²) in [5, 5.41) is 5.85. The van der Waals surface area contributed by atoms with Gasteiger partial charge in [0.05, 0.1) is 0 Å². The van der Waals surface area contributed by atoms with Gasteiger partial charge in [-0.25, -0.2) is 0 Å². The Bertz CT molecular complexity index is 277. The maximum absolute atomic E-state index is 3.66. The van der Waals surface area contributed by atoms with Gasteiger partial charge < -0.3 is 5.32 Å². The summed E-state index contributed by atoms with van der Waals surface area (Å²) in [7, 11) is 0. The van der Waals surface area contributed by atoms with Crippen LogP contribution in [0.5, 0.6) is 0 Å². The van der Waals surface area contributed by atoms with E-state index in [1.165, 1.54) is 34.8 Å². The predicted molar refractivity (Wildman–Crippen MR) is 66.2 cm³/mol. The Balaban J connectivity index is 1.79. The van der Waals surface area contributed by atoms with Gasteiger partial charge in [0, 0.05) is 17.5 Å². The molecule has 1 aliphatic heterocycles. The molecule has 2 heterocycles. The molecule has 3 heteroatoms. The topological polar surface area (TPSA) is 12.0 Å². The maximum atomic E-state index is 3.66. The fourth-order valence-electron chi connectivity index (χ4n) is 1.72. The van der Waals surface area contributed by atoms with Crippen LogP contribution in [0.4, 0.5) is 0 Å². The highest BCUT2D eigenvalue weighted by molar-refractivity contribution is 7.99. The Kier molecular flexibility index (Phi) is 3.90. The van der Waals surface area contributed by atoms with E-state index in [9.17, 15) is 0 Å². The number of hydrogen-bond acceptors (Lipinski definition) is 3. The molecule has 1 N–H and O–H groups in total. The molecule has 1 aromatic rings. The van der Waals surface area contributed by atoms with Gasteiger partial charge in [0.2, 0.25) is 0 Å². The van der Waals surface area contributed by atoms with Crippen molar-refractivity contribution in [3.05, 3.63) is 21.9 Å². The van der Waals surface area contributed by atoms with Crippen molar-refractivity contribution in [2.45, 2.75) is 32.4 Å². The predicted octanol–water partition coefficient (Wildman–Crippen LogP) is 3.04. The van der Waals surface area contributed by atoms with Crippen LogP contribution in [-0.4, -0.2) is 17.5 Å². The largest absolute Gasteiger partial charge is 0.309 e. The van der Waals surface area contributed by atoms with E-state index in [0.29, 0.717) is 0 Å². The number of hydrogen-bond donors (Lipinski definition) is 1. The van der Waals surface area contributed by atoms with Gasteiger partial charge in [-0.2, -0.15) is 11.8 Å². The Morgan fingerprint density at radius 1 is 1.43 bits per heavy atom. The van der Waals surface area contributed by atoms with Crippen molar-refractivity contribution in [2.75, 3.05) is 11.5 Å². The second-order valence-corrected chi connectivity index (χ2v) is 6.02. The zero-order valence-corrected chi connectivity index (χ0v) is 10.2. The van der Waals surface area contributed by atoms with Gasteiger partial charge in [-0.3, -0.25) is 0 Å². The number of nitrogens with one attached hydrogen (secondary N) is 1. The number of thioether (sulfide) groups is 1. The first-order valence-electron chi connectivity index (χ1n) is 5.20. The van der Waals surface area contributed by atoms with E-state index in [-0.39, 0.29) is 0 Å². The molecule has 14 heavy (non-hydrogen) atoms. The highest BCUT2D eigenvalue weighted by Gasteiger charge is 2.13. The summed E-state index contributed by atoms with van der Waals surface area (Å²) in [6.45, 7) is 3.27. The molecule has 0 spiro atoms. The van der Waals surface area contributed by atoms with Crippen LogP contribution < -0.4 is 5.32 Å². The molecule has 0 saturated carbocycles. The first-order valence-corrected chi connectivity index (χ1v) is 7.24. The van der Waals surface area contributed by atoms with Gasteiger partial charge in [-0.05, 0) is 48.3 Å². The fraction of sp³-hybridized carbons (Fsp3) is 0.636. The van der Waals surface area contributed by atoms with Crippen molar-refractivity contribution >= 4 is 23.1 Å². The molecule has 0 atom stereocenters. The maximum Gasteiger partial charge on any atom is 0.0304 e. The molecule has 1 nitrogen and oxygen atoms in total. The lowest BCUT2D eigenvalue weighted by Crippen LogP contribution is -2.31. The van der Waals surface area contributed by atoms with Gasteiger partial charge in [-0.1, -0.05) is 0 Å². The van der Waals surface area contributed by atoms with Crippen molar-refractivity contribution < 1.29 is 0 Å². The SMILES string of the molecule is Cc1ccsc1CNC1CCSCC1. The molecule has 0 aromatic carbocycles. The molecule has 0 amide bonds. The van der Waals surface area contributed by atoms with Crippen molar-refractivity contribution in [3.8, 4) is 0 Å². The normalized spacial score (nSPS) is 18.6. The summed E-state index contributed by atoms with van der Waals surface area (Å²) in [5.41, 5.74) is 1.44. The second kappa shape index (κ2) is 5.19. The van der Waals surface area contributed by atoms with E-state index in [0.717, 1.165) is 12.6 Å². The van der Waals surface area contributed by atoms with E-state index in [1.54, 1.807) is 0 Å². The van der Waals surface area contributed by atoms with Crippen LogP contribution in [0.3, 0.4) is 0 Å². The lowest BCUT2D eigenvalue weighted by molar-refractivity contribution is 0.484. The molecule has 0 aliphatic carbocycles. The minimum Gasteiger partial charge on any atom is -0.309 e. The minimum absolute atomic E-state index is 0.762. The third-order valence-corrected chi connectivity index (χ3v) is 4.81. The second-order valence-electron chi connectivity index (χ2n) is 3.79. The molecule has 0 radical (unpaired) electrons. The molecule has 1 aliphatic rings. The van der Waals surface area contributed by atoms with E-state index >= 15 is 0 Å². The van der Waals surface area contributed by atoms with Gasteiger partial charge in [-0.15, -0.1) is 11.3 Å². The van der Waals surface area contributed by atoms with Crippen LogP contribution in [0.2, 0.25) is 0 Å². The summed E-state index contributed by atoms with van der Waals surface area (Å²) in [5.74, 6) is 2.67. The van der Waals surface area contributed by atoms with Gasteiger partial charge in [0.25, 0.3) is 0 Å². The highest BCUT2D eigenvalue weighted by Crippen LogP contribution is 2.19. The third kappa shape index (κ3) is 2.75. The number of rotatable bonds is 3. The Hall–Kier alpha value is 0.01000. The van der Waals surface area contributed by atoms with Crippen molar-refractivity contribution in [2.24, 2.45) is 0 Å². The third-order valence-electron chi connectivity index (χ3n) is 2.74. The lowest BCUT2D eigenvalue weighted by Gasteiger charge is -2.22. The van der Waals surface area contributed by atoms with Crippen LogP contribution in [-0.2, 0) is 6.54 Å². The summed E-state index contributed by atoms with van der Waals surface area (Å²) >= 11 is 3.96. The number of thiophene rings is 1. The standard InChI is InChI=1S/C11H17NS2/c1-9-2-7-14-11(9)8-12-10-3-5-13-6-4-10/h2,7,10,12H,3-6,8H2,1H3. The van der Waals surface area contributed by atoms with Crippen molar-refractivity contribution in [3.63, 3.8) is 0 Å². The monoisotopic (exact) mass is 227 g/mol. The summed E-state index contributed by atoms with van der Waals surface area (Å²) < 4.78 is 0. The quantitative estimate of drug-likeness (QED) is 0.852. The first-order chi connectivity index (χ1) is 6.86. The average molecular weight is 227 g/mol. The Labute approximate surface area is 94.3 Å². The molecule has 1 fully saturated rings. The van der Waals surface area contributed by atoms with Crippen LogP contribution >= 0.6 is 23.1 Å². The van der Waals surface area contributed by atoms with Crippen LogP contribution in [0.25, 0.3) is 0 Å². The van der Waals surface area contributed by atoms with Gasteiger partial charge in [0.1, 0.15) is 0 Å². The molecule has 1 saturated heterocycles. The summed E-state index contributed by atoms with van der Waals surface area (Å²) in [6, 6.07) is 2.97. The molecule has 0 unspecified atom stereocenters. The van der Waals surface area contributed by atoms with Crippen LogP contribution in [0.1, 0.15) is 23.3 Å². The molecule has 2 rings (SSSR count). The zero-order valence-electron chi connectivity index (χ0n) is 8.58. The molecular weight excluding hydrogens is 210 g/mol. The van der Waals surface area contributed by atoms with E-state index in [1.807, 2.05) is 11.3 Å². The summed E-state index contributed by atoms with van der Waals surface area (Å²) in [4.78, 5) is 1.50. The summed E-state index contributed by atoms with van der Waals surface area (Å²) in [6.07, 6.45) is 2.68. The number of aryl methyl sites for hydroxylation is 1. The molecule has 78 valence electrons. The van der Waals surface area contributed by atoms with Gasteiger partial charge >= 0.3 is 0 Å². The fourth-order valence-corrected chi connectivity index (χ4v) is 3.69. The van der Waals surface area contributed by atoms with Crippen molar-refractivity contribution in [1.82, 2.24) is 5.32 Å². The Morgan fingerprint density at radius 2 is 2.21 bits per heavy atom. The lowest BCUT2D eigenvalue weighted by atomic mass is 10.1. The highest BCUT2D eigenvalue weighted by atomic mass is 32.2. The average Bonchev–Trinajstić information content (AvgIpc) is 2.63. The van der Waals surface area contributed by atoms with E-state index in [4.69, 9.17) is 0 Å². The molecule has 1 aromatic heterocycles. The molecular formula is C11H17NS2. The van der Waals surface area contributed by atoms with Crippen LogP contribution in [0, 0.1) is 6.92 Å². The molecule has 0 bridgehead atoms. The zero-order chi connectivity index (χ0) is 9.80. The Morgan fingerprint density at radius 3 is 2.86 bits per heavy atom. The van der Waals surface area contributed by atoms with E-state index in [2.05, 4.69) is 35.4 Å². The smallest absolute Gasteiger partial charge is 0.0304 e. The van der Waals surface area contributed by atoms with Gasteiger partial charge in [0.15, 0.2) is 0 Å². The van der Waals surface area contributed by atoms with E-state index < -0.39 is 0 Å². The first kappa shape index (κ1) is 10.5. The minimum atomic E-state index is 0.762. The van der Waals surface area contributed by atoms with Crippen LogP contribution in [0.15, 0.2) is 11.4 Å². The van der Waals surface area contributed by atoms with Crippen molar-refractivity contribution in [1.29, 1.82) is 0 Å².